The summed E-state index contributed by atoms with van der Waals surface area (Å²) in [5.74, 6) is 1.45. The van der Waals surface area contributed by atoms with Gasteiger partial charge in [0.15, 0.2) is 0 Å². The first-order chi connectivity index (χ1) is 7.74. The molecule has 2 atom stereocenters. The predicted molar refractivity (Wildman–Crippen MR) is 65.1 cm³/mol. The summed E-state index contributed by atoms with van der Waals surface area (Å²) in [6.07, 6.45) is 0. The van der Waals surface area contributed by atoms with Crippen LogP contribution in [0, 0.1) is 11.8 Å². The van der Waals surface area contributed by atoms with Crippen molar-refractivity contribution in [2.75, 3.05) is 26.2 Å². The van der Waals surface area contributed by atoms with Crippen LogP contribution in [0.5, 0.6) is 0 Å². The standard InChI is InChI=1S/C11H13ClN2OS/c12-10-2-1-9(16-10)11(15)14-5-7-3-13-4-8(7)6-14/h1-2,7-8,13H,3-6H2/t7-,8+. The van der Waals surface area contributed by atoms with Crippen molar-refractivity contribution in [3.05, 3.63) is 21.3 Å². The molecule has 3 heterocycles. The lowest BCUT2D eigenvalue weighted by Gasteiger charge is -2.16. The van der Waals surface area contributed by atoms with E-state index < -0.39 is 0 Å². The highest BCUT2D eigenvalue weighted by molar-refractivity contribution is 7.17. The Morgan fingerprint density at radius 3 is 2.62 bits per heavy atom. The second kappa shape index (κ2) is 4.02. The quantitative estimate of drug-likeness (QED) is 0.830. The van der Waals surface area contributed by atoms with Crippen LogP contribution in [0.1, 0.15) is 9.67 Å². The van der Waals surface area contributed by atoms with Crippen LogP contribution in [-0.2, 0) is 0 Å². The molecule has 0 unspecified atom stereocenters. The average Bonchev–Trinajstić information content (AvgIpc) is 2.89. The number of likely N-dealkylation sites (tertiary alicyclic amines) is 1. The topological polar surface area (TPSA) is 32.3 Å². The molecule has 1 aromatic heterocycles. The third kappa shape index (κ3) is 1.75. The first kappa shape index (κ1) is 10.6. The normalized spacial score (nSPS) is 28.4. The summed E-state index contributed by atoms with van der Waals surface area (Å²) in [4.78, 5) is 14.9. The van der Waals surface area contributed by atoms with Gasteiger partial charge in [0.1, 0.15) is 0 Å². The van der Waals surface area contributed by atoms with Crippen molar-refractivity contribution in [1.29, 1.82) is 0 Å². The third-order valence-electron chi connectivity index (χ3n) is 3.46. The molecule has 0 saturated carbocycles. The largest absolute Gasteiger partial charge is 0.337 e. The van der Waals surface area contributed by atoms with Gasteiger partial charge in [-0.15, -0.1) is 11.3 Å². The van der Waals surface area contributed by atoms with Gasteiger partial charge in [0.25, 0.3) is 5.91 Å². The van der Waals surface area contributed by atoms with Crippen LogP contribution in [0.25, 0.3) is 0 Å². The molecule has 16 heavy (non-hydrogen) atoms. The van der Waals surface area contributed by atoms with Gasteiger partial charge in [-0.3, -0.25) is 4.79 Å². The molecule has 86 valence electrons. The van der Waals surface area contributed by atoms with Crippen LogP contribution in [0.2, 0.25) is 4.34 Å². The van der Waals surface area contributed by atoms with Crippen molar-refractivity contribution in [3.63, 3.8) is 0 Å². The number of carbonyl (C=O) groups excluding carboxylic acids is 1. The summed E-state index contributed by atoms with van der Waals surface area (Å²) in [6.45, 7) is 3.90. The Kier molecular flexibility index (Phi) is 2.65. The zero-order valence-electron chi connectivity index (χ0n) is 8.78. The average molecular weight is 257 g/mol. The smallest absolute Gasteiger partial charge is 0.263 e. The number of hydrogen-bond acceptors (Lipinski definition) is 3. The van der Waals surface area contributed by atoms with Crippen molar-refractivity contribution < 1.29 is 4.79 Å². The molecule has 2 aliphatic heterocycles. The first-order valence-electron chi connectivity index (χ1n) is 5.49. The fraction of sp³-hybridized carbons (Fsp3) is 0.545. The lowest BCUT2D eigenvalue weighted by Crippen LogP contribution is -2.31. The molecule has 0 aromatic carbocycles. The molecule has 1 N–H and O–H groups in total. The Labute approximate surface area is 103 Å². The Morgan fingerprint density at radius 1 is 1.38 bits per heavy atom. The number of amides is 1. The molecular formula is C11H13ClN2OS. The maximum Gasteiger partial charge on any atom is 0.263 e. The molecule has 0 spiro atoms. The first-order valence-corrected chi connectivity index (χ1v) is 6.69. The molecule has 2 fully saturated rings. The Bertz CT molecular complexity index is 408. The SMILES string of the molecule is O=C(c1ccc(Cl)s1)N1C[C@H]2CNC[C@H]2C1. The molecular weight excluding hydrogens is 244 g/mol. The van der Waals surface area contributed by atoms with Gasteiger partial charge >= 0.3 is 0 Å². The Morgan fingerprint density at radius 2 is 2.06 bits per heavy atom. The molecule has 2 aliphatic rings. The van der Waals surface area contributed by atoms with Crippen LogP contribution >= 0.6 is 22.9 Å². The number of rotatable bonds is 1. The zero-order valence-corrected chi connectivity index (χ0v) is 10.4. The minimum Gasteiger partial charge on any atom is -0.337 e. The summed E-state index contributed by atoms with van der Waals surface area (Å²) in [6, 6.07) is 3.61. The van der Waals surface area contributed by atoms with E-state index in [-0.39, 0.29) is 5.91 Å². The van der Waals surface area contributed by atoms with E-state index in [0.717, 1.165) is 31.1 Å². The fourth-order valence-corrected chi connectivity index (χ4v) is 3.62. The molecule has 0 aliphatic carbocycles. The van der Waals surface area contributed by atoms with Gasteiger partial charge in [0.2, 0.25) is 0 Å². The van der Waals surface area contributed by atoms with E-state index in [0.29, 0.717) is 16.2 Å². The van der Waals surface area contributed by atoms with Crippen molar-refractivity contribution in [3.8, 4) is 0 Å². The lowest BCUT2D eigenvalue weighted by molar-refractivity contribution is 0.0786. The number of carbonyl (C=O) groups is 1. The summed E-state index contributed by atoms with van der Waals surface area (Å²) < 4.78 is 0.685. The van der Waals surface area contributed by atoms with Gasteiger partial charge in [-0.2, -0.15) is 0 Å². The van der Waals surface area contributed by atoms with E-state index in [2.05, 4.69) is 5.32 Å². The van der Waals surface area contributed by atoms with E-state index in [4.69, 9.17) is 11.6 Å². The van der Waals surface area contributed by atoms with E-state index in [1.54, 1.807) is 6.07 Å². The van der Waals surface area contributed by atoms with E-state index in [9.17, 15) is 4.79 Å². The van der Waals surface area contributed by atoms with Crippen LogP contribution in [0.15, 0.2) is 12.1 Å². The monoisotopic (exact) mass is 256 g/mol. The van der Waals surface area contributed by atoms with Crippen molar-refractivity contribution in [1.82, 2.24) is 10.2 Å². The summed E-state index contributed by atoms with van der Waals surface area (Å²) in [5.41, 5.74) is 0. The molecule has 1 aromatic rings. The van der Waals surface area contributed by atoms with Gasteiger partial charge < -0.3 is 10.2 Å². The summed E-state index contributed by atoms with van der Waals surface area (Å²) in [7, 11) is 0. The maximum absolute atomic E-state index is 12.1. The molecule has 3 nitrogen and oxygen atoms in total. The van der Waals surface area contributed by atoms with Gasteiger partial charge in [-0.25, -0.2) is 0 Å². The highest BCUT2D eigenvalue weighted by atomic mass is 35.5. The van der Waals surface area contributed by atoms with Gasteiger partial charge in [0.05, 0.1) is 9.21 Å². The molecule has 0 bridgehead atoms. The Balaban J connectivity index is 1.73. The van der Waals surface area contributed by atoms with E-state index in [1.807, 2.05) is 11.0 Å². The van der Waals surface area contributed by atoms with E-state index in [1.165, 1.54) is 11.3 Å². The van der Waals surface area contributed by atoms with Crippen molar-refractivity contribution >= 4 is 28.8 Å². The van der Waals surface area contributed by atoms with Gasteiger partial charge in [0, 0.05) is 26.2 Å². The van der Waals surface area contributed by atoms with Crippen molar-refractivity contribution in [2.24, 2.45) is 11.8 Å². The van der Waals surface area contributed by atoms with Crippen LogP contribution in [-0.4, -0.2) is 37.0 Å². The fourth-order valence-electron chi connectivity index (χ4n) is 2.61. The number of hydrogen-bond donors (Lipinski definition) is 1. The molecule has 0 radical (unpaired) electrons. The summed E-state index contributed by atoms with van der Waals surface area (Å²) in [5, 5.41) is 3.37. The molecule has 2 saturated heterocycles. The highest BCUT2D eigenvalue weighted by Crippen LogP contribution is 2.29. The highest BCUT2D eigenvalue weighted by Gasteiger charge is 2.38. The number of fused-ring (bicyclic) bond motifs is 1. The molecule has 3 rings (SSSR count). The maximum atomic E-state index is 12.1. The predicted octanol–water partition coefficient (Wildman–Crippen LogP) is 1.69. The van der Waals surface area contributed by atoms with Gasteiger partial charge in [-0.1, -0.05) is 11.6 Å². The number of thiophene rings is 1. The molecule has 5 heteroatoms. The van der Waals surface area contributed by atoms with Crippen LogP contribution in [0.3, 0.4) is 0 Å². The van der Waals surface area contributed by atoms with Crippen LogP contribution in [0.4, 0.5) is 0 Å². The third-order valence-corrected chi connectivity index (χ3v) is 4.68. The number of nitrogens with one attached hydrogen (secondary N) is 1. The number of halogens is 1. The van der Waals surface area contributed by atoms with Gasteiger partial charge in [-0.05, 0) is 24.0 Å². The second-order valence-electron chi connectivity index (χ2n) is 4.49. The van der Waals surface area contributed by atoms with E-state index >= 15 is 0 Å². The van der Waals surface area contributed by atoms with Crippen molar-refractivity contribution in [2.45, 2.75) is 0 Å². The zero-order chi connectivity index (χ0) is 11.1. The summed E-state index contributed by atoms with van der Waals surface area (Å²) >= 11 is 7.21. The minimum absolute atomic E-state index is 0.145. The Hall–Kier alpha value is -0.580. The van der Waals surface area contributed by atoms with Crippen LogP contribution < -0.4 is 5.32 Å². The minimum atomic E-state index is 0.145. The second-order valence-corrected chi connectivity index (χ2v) is 6.21. The molecule has 1 amide bonds. The lowest BCUT2D eigenvalue weighted by atomic mass is 10.0. The number of nitrogens with zero attached hydrogens (tertiary/aromatic N) is 1.